The molecule has 1 heteroatoms. The highest BCUT2D eigenvalue weighted by molar-refractivity contribution is 6.02. The molecule has 0 fully saturated rings. The summed E-state index contributed by atoms with van der Waals surface area (Å²) in [6.07, 6.45) is 0. The lowest BCUT2D eigenvalue weighted by molar-refractivity contribution is 0.660. The molecule has 0 unspecified atom stereocenters. The Morgan fingerprint density at radius 3 is 1.44 bits per heavy atom. The van der Waals surface area contributed by atoms with Crippen molar-refractivity contribution in [3.05, 3.63) is 246 Å². The SMILES string of the molecule is CC1(C)c2ccccc2-c2ccc(N(c3ccc(-c4ccccc4)cc3)c3cccc4c3-c3ccc(-c5ccccc5)cc3C43c4ccccc4-c4ccccc43)cc21. The Morgan fingerprint density at radius 2 is 0.780 bits per heavy atom. The molecule has 3 aliphatic rings. The van der Waals surface area contributed by atoms with Crippen molar-refractivity contribution in [3.63, 3.8) is 0 Å². The number of benzene rings is 9. The maximum absolute atomic E-state index is 2.52. The number of rotatable bonds is 5. The lowest BCUT2D eigenvalue weighted by Gasteiger charge is -2.32. The molecule has 0 aromatic heterocycles. The van der Waals surface area contributed by atoms with E-state index in [1.165, 1.54) is 94.7 Å². The fourth-order valence-corrected chi connectivity index (χ4v) is 10.9. The first-order valence-corrected chi connectivity index (χ1v) is 20.8. The van der Waals surface area contributed by atoms with E-state index < -0.39 is 5.41 Å². The van der Waals surface area contributed by atoms with Crippen LogP contribution in [-0.4, -0.2) is 0 Å². The summed E-state index contributed by atoms with van der Waals surface area (Å²) in [5.74, 6) is 0. The van der Waals surface area contributed by atoms with Gasteiger partial charge in [-0.2, -0.15) is 0 Å². The number of anilines is 3. The number of fused-ring (bicyclic) bond motifs is 13. The van der Waals surface area contributed by atoms with Crippen molar-refractivity contribution in [3.8, 4) is 55.6 Å². The number of hydrogen-bond donors (Lipinski definition) is 0. The standard InChI is InChI=1S/C58H41N/c1-57(2)49-23-12-9-20-44(49)47-35-33-43(37-53(47)57)59(42-31-28-40(29-32-42)38-16-5-3-6-17-38)55-27-15-26-52-56(55)48-34-30-41(39-18-7-4-8-19-39)36-54(48)58(52)50-24-13-10-21-45(50)46-22-11-14-25-51(46)58/h3-37H,1-2H3. The minimum atomic E-state index is -0.483. The molecule has 0 N–H and O–H groups in total. The quantitative estimate of drug-likeness (QED) is 0.169. The molecule has 59 heavy (non-hydrogen) atoms. The average molecular weight is 752 g/mol. The summed E-state index contributed by atoms with van der Waals surface area (Å²) in [5, 5.41) is 0. The van der Waals surface area contributed by atoms with Crippen molar-refractivity contribution in [2.24, 2.45) is 0 Å². The van der Waals surface area contributed by atoms with Crippen LogP contribution in [0.1, 0.15) is 47.2 Å². The highest BCUT2D eigenvalue weighted by Crippen LogP contribution is 2.65. The molecule has 0 aliphatic heterocycles. The first-order valence-electron chi connectivity index (χ1n) is 20.8. The first-order chi connectivity index (χ1) is 29.0. The van der Waals surface area contributed by atoms with Crippen LogP contribution in [-0.2, 0) is 10.8 Å². The van der Waals surface area contributed by atoms with Crippen LogP contribution in [0.3, 0.4) is 0 Å². The zero-order valence-electron chi connectivity index (χ0n) is 33.2. The van der Waals surface area contributed by atoms with E-state index >= 15 is 0 Å². The van der Waals surface area contributed by atoms with Gasteiger partial charge in [0.1, 0.15) is 0 Å². The Kier molecular flexibility index (Phi) is 7.26. The molecule has 9 aromatic carbocycles. The Morgan fingerprint density at radius 1 is 0.305 bits per heavy atom. The molecule has 0 radical (unpaired) electrons. The molecular weight excluding hydrogens is 711 g/mol. The van der Waals surface area contributed by atoms with Crippen molar-refractivity contribution >= 4 is 17.1 Å². The molecule has 1 spiro atoms. The van der Waals surface area contributed by atoms with Crippen LogP contribution in [0, 0.1) is 0 Å². The van der Waals surface area contributed by atoms with Gasteiger partial charge in [0.05, 0.1) is 11.1 Å². The number of nitrogens with zero attached hydrogens (tertiary/aromatic N) is 1. The van der Waals surface area contributed by atoms with Gasteiger partial charge in [0.2, 0.25) is 0 Å². The third-order valence-electron chi connectivity index (χ3n) is 13.5. The predicted molar refractivity (Wildman–Crippen MR) is 246 cm³/mol. The first kappa shape index (κ1) is 33.9. The van der Waals surface area contributed by atoms with Crippen molar-refractivity contribution in [1.82, 2.24) is 0 Å². The summed E-state index contributed by atoms with van der Waals surface area (Å²) >= 11 is 0. The molecule has 0 atom stereocenters. The van der Waals surface area contributed by atoms with Crippen LogP contribution in [0.15, 0.2) is 212 Å². The molecule has 0 saturated carbocycles. The molecule has 9 aromatic rings. The number of hydrogen-bond acceptors (Lipinski definition) is 1. The second kappa shape index (κ2) is 12.6. The highest BCUT2D eigenvalue weighted by Gasteiger charge is 2.52. The molecule has 0 bridgehead atoms. The van der Waals surface area contributed by atoms with Gasteiger partial charge < -0.3 is 4.90 Å². The van der Waals surface area contributed by atoms with E-state index in [9.17, 15) is 0 Å². The maximum atomic E-state index is 2.52. The molecular formula is C58H41N. The van der Waals surface area contributed by atoms with E-state index in [2.05, 4.69) is 231 Å². The van der Waals surface area contributed by atoms with Gasteiger partial charge in [-0.25, -0.2) is 0 Å². The molecule has 0 amide bonds. The summed E-state index contributed by atoms with van der Waals surface area (Å²) in [6.45, 7) is 4.75. The van der Waals surface area contributed by atoms with Gasteiger partial charge in [-0.05, 0) is 120 Å². The third-order valence-corrected chi connectivity index (χ3v) is 13.5. The van der Waals surface area contributed by atoms with Gasteiger partial charge >= 0.3 is 0 Å². The third kappa shape index (κ3) is 4.73. The van der Waals surface area contributed by atoms with Crippen molar-refractivity contribution < 1.29 is 0 Å². The van der Waals surface area contributed by atoms with Gasteiger partial charge in [0.25, 0.3) is 0 Å². The monoisotopic (exact) mass is 751 g/mol. The van der Waals surface area contributed by atoms with E-state index in [-0.39, 0.29) is 5.41 Å². The smallest absolute Gasteiger partial charge is 0.0726 e. The van der Waals surface area contributed by atoms with Crippen LogP contribution >= 0.6 is 0 Å². The van der Waals surface area contributed by atoms with Gasteiger partial charge in [-0.3, -0.25) is 0 Å². The summed E-state index contributed by atoms with van der Waals surface area (Å²) in [6, 6.07) is 79.2. The second-order valence-corrected chi connectivity index (χ2v) is 16.8. The van der Waals surface area contributed by atoms with Gasteiger partial charge in [0, 0.05) is 22.4 Å². The van der Waals surface area contributed by atoms with E-state index in [0.717, 1.165) is 11.4 Å². The normalized spacial score (nSPS) is 14.2. The molecule has 3 aliphatic carbocycles. The van der Waals surface area contributed by atoms with E-state index in [1.807, 2.05) is 0 Å². The lowest BCUT2D eigenvalue weighted by Crippen LogP contribution is -2.26. The zero-order valence-corrected chi connectivity index (χ0v) is 33.2. The van der Waals surface area contributed by atoms with Crippen LogP contribution in [0.2, 0.25) is 0 Å². The van der Waals surface area contributed by atoms with Gasteiger partial charge in [0.15, 0.2) is 0 Å². The Bertz CT molecular complexity index is 3070. The maximum Gasteiger partial charge on any atom is 0.0726 e. The van der Waals surface area contributed by atoms with E-state index in [4.69, 9.17) is 0 Å². The zero-order chi connectivity index (χ0) is 39.3. The predicted octanol–water partition coefficient (Wildman–Crippen LogP) is 15.1. The fraction of sp³-hybridized carbons (Fsp3) is 0.0690. The van der Waals surface area contributed by atoms with Gasteiger partial charge in [-0.15, -0.1) is 0 Å². The highest BCUT2D eigenvalue weighted by atomic mass is 15.1. The molecule has 278 valence electrons. The second-order valence-electron chi connectivity index (χ2n) is 16.8. The molecule has 12 rings (SSSR count). The lowest BCUT2D eigenvalue weighted by atomic mass is 9.70. The molecule has 1 nitrogen and oxygen atoms in total. The average Bonchev–Trinajstić information content (AvgIpc) is 3.86. The Labute approximate surface area is 346 Å². The summed E-state index contributed by atoms with van der Waals surface area (Å²) in [7, 11) is 0. The van der Waals surface area contributed by atoms with Crippen LogP contribution in [0.4, 0.5) is 17.1 Å². The van der Waals surface area contributed by atoms with Crippen molar-refractivity contribution in [2.75, 3.05) is 4.90 Å². The van der Waals surface area contributed by atoms with E-state index in [1.54, 1.807) is 0 Å². The minimum absolute atomic E-state index is 0.134. The van der Waals surface area contributed by atoms with Gasteiger partial charge in [-0.1, -0.05) is 190 Å². The summed E-state index contributed by atoms with van der Waals surface area (Å²) in [4.78, 5) is 2.52. The van der Waals surface area contributed by atoms with Crippen molar-refractivity contribution in [1.29, 1.82) is 0 Å². The molecule has 0 heterocycles. The van der Waals surface area contributed by atoms with Crippen LogP contribution < -0.4 is 4.90 Å². The Hall–Kier alpha value is -7.22. The van der Waals surface area contributed by atoms with E-state index in [0.29, 0.717) is 0 Å². The topological polar surface area (TPSA) is 3.24 Å². The fourth-order valence-electron chi connectivity index (χ4n) is 10.9. The largest absolute Gasteiger partial charge is 0.310 e. The van der Waals surface area contributed by atoms with Crippen LogP contribution in [0.25, 0.3) is 55.6 Å². The molecule has 0 saturated heterocycles. The summed E-state index contributed by atoms with van der Waals surface area (Å²) in [5.41, 5.74) is 23.7. The summed E-state index contributed by atoms with van der Waals surface area (Å²) < 4.78 is 0. The van der Waals surface area contributed by atoms with Crippen molar-refractivity contribution in [2.45, 2.75) is 24.7 Å². The minimum Gasteiger partial charge on any atom is -0.310 e. The Balaban J connectivity index is 1.14. The van der Waals surface area contributed by atoms with Crippen LogP contribution in [0.5, 0.6) is 0 Å².